The lowest BCUT2D eigenvalue weighted by Crippen LogP contribution is -2.50. The number of amides is 1. The first kappa shape index (κ1) is 15.5. The molecular weight excluding hydrogens is 252 g/mol. The minimum absolute atomic E-state index is 0.249. The molecule has 1 N–H and O–H groups in total. The molecule has 0 aromatic carbocycles. The van der Waals surface area contributed by atoms with E-state index in [9.17, 15) is 9.90 Å². The summed E-state index contributed by atoms with van der Waals surface area (Å²) >= 11 is 0. The van der Waals surface area contributed by atoms with E-state index in [0.29, 0.717) is 11.9 Å². The maximum absolute atomic E-state index is 11.9. The van der Waals surface area contributed by atoms with Crippen LogP contribution in [0.25, 0.3) is 0 Å². The van der Waals surface area contributed by atoms with Crippen molar-refractivity contribution in [3.8, 4) is 0 Å². The van der Waals surface area contributed by atoms with Crippen molar-refractivity contribution in [2.45, 2.75) is 57.1 Å². The van der Waals surface area contributed by atoms with E-state index in [1.165, 1.54) is 0 Å². The number of carbonyl (C=O) groups is 1. The Morgan fingerprint density at radius 3 is 2.70 bits per heavy atom. The molecule has 114 valence electrons. The van der Waals surface area contributed by atoms with Gasteiger partial charge in [-0.15, -0.1) is 6.58 Å². The van der Waals surface area contributed by atoms with Crippen molar-refractivity contribution in [2.75, 3.05) is 26.2 Å². The molecule has 1 unspecified atom stereocenters. The average molecular weight is 280 g/mol. The molecule has 2 rings (SSSR count). The minimum atomic E-state index is -0.249. The van der Waals surface area contributed by atoms with Gasteiger partial charge in [-0.05, 0) is 38.5 Å². The first-order chi connectivity index (χ1) is 9.70. The molecule has 0 radical (unpaired) electrons. The zero-order valence-corrected chi connectivity index (χ0v) is 12.5. The molecule has 1 amide bonds. The van der Waals surface area contributed by atoms with Gasteiger partial charge >= 0.3 is 0 Å². The topological polar surface area (TPSA) is 43.8 Å². The smallest absolute Gasteiger partial charge is 0.222 e. The normalized spacial score (nSPS) is 23.9. The van der Waals surface area contributed by atoms with Crippen LogP contribution >= 0.6 is 0 Å². The van der Waals surface area contributed by atoms with Crippen LogP contribution in [0.4, 0.5) is 0 Å². The molecule has 1 atom stereocenters. The molecule has 0 aliphatic carbocycles. The molecule has 2 aliphatic rings. The van der Waals surface area contributed by atoms with Crippen LogP contribution in [0.3, 0.4) is 0 Å². The van der Waals surface area contributed by atoms with Gasteiger partial charge in [0.25, 0.3) is 0 Å². The maximum atomic E-state index is 11.9. The Morgan fingerprint density at radius 1 is 1.30 bits per heavy atom. The summed E-state index contributed by atoms with van der Waals surface area (Å²) < 4.78 is 0. The highest BCUT2D eigenvalue weighted by atomic mass is 16.3. The Balaban J connectivity index is 1.71. The number of hydrogen-bond donors (Lipinski definition) is 1. The molecule has 2 saturated heterocycles. The van der Waals surface area contributed by atoms with Crippen molar-refractivity contribution < 1.29 is 9.90 Å². The van der Waals surface area contributed by atoms with E-state index in [1.54, 1.807) is 0 Å². The summed E-state index contributed by atoms with van der Waals surface area (Å²) in [4.78, 5) is 16.4. The standard InChI is InChI=1S/C16H28N2O2/c1-2-3-6-15(19)13-17-11-8-14(9-12-17)18-10-5-4-7-16(18)20/h2,14-15,19H,1,3-13H2. The van der Waals surface area contributed by atoms with Crippen LogP contribution < -0.4 is 0 Å². The van der Waals surface area contributed by atoms with Gasteiger partial charge in [-0.2, -0.15) is 0 Å². The molecule has 2 fully saturated rings. The van der Waals surface area contributed by atoms with E-state index in [2.05, 4.69) is 16.4 Å². The average Bonchev–Trinajstić information content (AvgIpc) is 2.47. The van der Waals surface area contributed by atoms with Crippen LogP contribution in [-0.4, -0.2) is 59.1 Å². The monoisotopic (exact) mass is 280 g/mol. The lowest BCUT2D eigenvalue weighted by atomic mass is 9.99. The molecular formula is C16H28N2O2. The third-order valence-corrected chi connectivity index (χ3v) is 4.53. The first-order valence-corrected chi connectivity index (χ1v) is 8.01. The fraction of sp³-hybridized carbons (Fsp3) is 0.812. The number of aliphatic hydroxyl groups is 1. The fourth-order valence-corrected chi connectivity index (χ4v) is 3.33. The van der Waals surface area contributed by atoms with Gasteiger partial charge in [-0.25, -0.2) is 0 Å². The first-order valence-electron chi connectivity index (χ1n) is 8.01. The number of hydrogen-bond acceptors (Lipinski definition) is 3. The predicted octanol–water partition coefficient (Wildman–Crippen LogP) is 1.79. The summed E-state index contributed by atoms with van der Waals surface area (Å²) in [6.07, 6.45) is 8.35. The van der Waals surface area contributed by atoms with Crippen molar-refractivity contribution >= 4 is 5.91 Å². The number of β-amino-alcohol motifs (C(OH)–C–C–N with tert-alkyl or cyclic N) is 1. The summed E-state index contributed by atoms with van der Waals surface area (Å²) in [5, 5.41) is 9.94. The number of nitrogens with zero attached hydrogens (tertiary/aromatic N) is 2. The zero-order valence-electron chi connectivity index (χ0n) is 12.5. The second-order valence-corrected chi connectivity index (χ2v) is 6.10. The lowest BCUT2D eigenvalue weighted by Gasteiger charge is -2.40. The summed E-state index contributed by atoms with van der Waals surface area (Å²) in [6, 6.07) is 0.435. The van der Waals surface area contributed by atoms with E-state index in [0.717, 1.165) is 71.1 Å². The molecule has 0 bridgehead atoms. The van der Waals surface area contributed by atoms with E-state index in [4.69, 9.17) is 0 Å². The van der Waals surface area contributed by atoms with Gasteiger partial charge in [0.2, 0.25) is 5.91 Å². The fourth-order valence-electron chi connectivity index (χ4n) is 3.33. The number of piperidine rings is 2. The van der Waals surface area contributed by atoms with Crippen LogP contribution in [0.2, 0.25) is 0 Å². The number of likely N-dealkylation sites (tertiary alicyclic amines) is 2. The largest absolute Gasteiger partial charge is 0.392 e. The summed E-state index contributed by atoms with van der Waals surface area (Å²) in [5.74, 6) is 0.348. The van der Waals surface area contributed by atoms with Gasteiger partial charge in [-0.1, -0.05) is 6.08 Å². The maximum Gasteiger partial charge on any atom is 0.222 e. The number of rotatable bonds is 6. The molecule has 4 heteroatoms. The molecule has 2 aliphatic heterocycles. The molecule has 0 saturated carbocycles. The van der Waals surface area contributed by atoms with Crippen LogP contribution in [0.15, 0.2) is 12.7 Å². The van der Waals surface area contributed by atoms with E-state index < -0.39 is 0 Å². The highest BCUT2D eigenvalue weighted by Crippen LogP contribution is 2.22. The van der Waals surface area contributed by atoms with Gasteiger partial charge < -0.3 is 14.9 Å². The highest BCUT2D eigenvalue weighted by molar-refractivity contribution is 5.77. The summed E-state index contributed by atoms with van der Waals surface area (Å²) in [7, 11) is 0. The van der Waals surface area contributed by atoms with Gasteiger partial charge in [-0.3, -0.25) is 4.79 Å². The molecule has 0 aromatic rings. The molecule has 0 spiro atoms. The van der Waals surface area contributed by atoms with Crippen molar-refractivity contribution in [1.82, 2.24) is 9.80 Å². The Hall–Kier alpha value is -0.870. The lowest BCUT2D eigenvalue weighted by molar-refractivity contribution is -0.136. The summed E-state index contributed by atoms with van der Waals surface area (Å²) in [5.41, 5.74) is 0. The van der Waals surface area contributed by atoms with Crippen molar-refractivity contribution in [1.29, 1.82) is 0 Å². The van der Waals surface area contributed by atoms with Crippen molar-refractivity contribution in [3.05, 3.63) is 12.7 Å². The second kappa shape index (κ2) is 7.79. The SMILES string of the molecule is C=CCCC(O)CN1CCC(N2CCCCC2=O)CC1. The number of allylic oxidation sites excluding steroid dienone is 1. The second-order valence-electron chi connectivity index (χ2n) is 6.10. The highest BCUT2D eigenvalue weighted by Gasteiger charge is 2.29. The van der Waals surface area contributed by atoms with Crippen LogP contribution in [0, 0.1) is 0 Å². The van der Waals surface area contributed by atoms with Gasteiger partial charge in [0, 0.05) is 38.6 Å². The van der Waals surface area contributed by atoms with E-state index in [1.807, 2.05) is 6.08 Å². The zero-order chi connectivity index (χ0) is 14.4. The van der Waals surface area contributed by atoms with Crippen LogP contribution in [0.1, 0.15) is 44.9 Å². The molecule has 2 heterocycles. The summed E-state index contributed by atoms with van der Waals surface area (Å²) in [6.45, 7) is 7.39. The Labute approximate surface area is 122 Å². The Morgan fingerprint density at radius 2 is 2.05 bits per heavy atom. The Kier molecular flexibility index (Phi) is 6.05. The Bertz CT molecular complexity index is 324. The molecule has 4 nitrogen and oxygen atoms in total. The third kappa shape index (κ3) is 4.32. The van der Waals surface area contributed by atoms with Gasteiger partial charge in [0.1, 0.15) is 0 Å². The minimum Gasteiger partial charge on any atom is -0.392 e. The number of aliphatic hydroxyl groups excluding tert-OH is 1. The van der Waals surface area contributed by atoms with E-state index >= 15 is 0 Å². The molecule has 0 aromatic heterocycles. The van der Waals surface area contributed by atoms with Crippen molar-refractivity contribution in [3.63, 3.8) is 0 Å². The third-order valence-electron chi connectivity index (χ3n) is 4.53. The van der Waals surface area contributed by atoms with E-state index in [-0.39, 0.29) is 6.10 Å². The van der Waals surface area contributed by atoms with Gasteiger partial charge in [0.05, 0.1) is 6.10 Å². The molecule has 20 heavy (non-hydrogen) atoms. The number of carbonyl (C=O) groups excluding carboxylic acids is 1. The predicted molar refractivity (Wildman–Crippen MR) is 80.5 cm³/mol. The quantitative estimate of drug-likeness (QED) is 0.754. The van der Waals surface area contributed by atoms with Crippen molar-refractivity contribution in [2.24, 2.45) is 0 Å². The van der Waals surface area contributed by atoms with Crippen LogP contribution in [-0.2, 0) is 4.79 Å². The van der Waals surface area contributed by atoms with Crippen LogP contribution in [0.5, 0.6) is 0 Å². The van der Waals surface area contributed by atoms with Gasteiger partial charge in [0.15, 0.2) is 0 Å².